The van der Waals surface area contributed by atoms with Crippen LogP contribution in [0.4, 0.5) is 5.95 Å². The summed E-state index contributed by atoms with van der Waals surface area (Å²) in [4.78, 5) is 20.4. The number of amides is 1. The summed E-state index contributed by atoms with van der Waals surface area (Å²) in [7, 11) is 0. The van der Waals surface area contributed by atoms with Gasteiger partial charge in [0.05, 0.1) is 17.6 Å². The molecule has 186 valence electrons. The van der Waals surface area contributed by atoms with Crippen LogP contribution in [-0.4, -0.2) is 34.6 Å². The minimum Gasteiger partial charge on any atom is -0.353 e. The Bertz CT molecular complexity index is 1290. The highest BCUT2D eigenvalue weighted by Gasteiger charge is 2.28. The van der Waals surface area contributed by atoms with Crippen LogP contribution in [0.25, 0.3) is 11.0 Å². The van der Waals surface area contributed by atoms with Crippen LogP contribution < -0.4 is 10.2 Å². The number of nitrogens with one attached hydrogen (secondary N) is 1. The van der Waals surface area contributed by atoms with E-state index in [-0.39, 0.29) is 17.9 Å². The molecule has 0 unspecified atom stereocenters. The molecule has 0 spiro atoms. The summed E-state index contributed by atoms with van der Waals surface area (Å²) in [6.45, 7) is 6.70. The maximum atomic E-state index is 13.0. The number of rotatable bonds is 8. The van der Waals surface area contributed by atoms with Gasteiger partial charge in [-0.2, -0.15) is 0 Å². The summed E-state index contributed by atoms with van der Waals surface area (Å²) >= 11 is 0. The summed E-state index contributed by atoms with van der Waals surface area (Å²) in [6.07, 6.45) is 3.64. The molecular weight excluding hydrogens is 444 g/mol. The van der Waals surface area contributed by atoms with E-state index in [0.29, 0.717) is 0 Å². The molecule has 0 saturated carbocycles. The number of aryl methyl sites for hydroxylation is 2. The second-order valence-corrected chi connectivity index (χ2v) is 10.2. The van der Waals surface area contributed by atoms with Gasteiger partial charge in [-0.05, 0) is 62.8 Å². The number of hydrogen-bond acceptors (Lipinski definition) is 3. The number of carbonyl (C=O) groups excluding carboxylic acids is 1. The predicted molar refractivity (Wildman–Crippen MR) is 147 cm³/mol. The van der Waals surface area contributed by atoms with Crippen LogP contribution in [0.1, 0.15) is 42.9 Å². The summed E-state index contributed by atoms with van der Waals surface area (Å²) < 4.78 is 2.33. The first kappa shape index (κ1) is 24.1. The Morgan fingerprint density at radius 3 is 2.39 bits per heavy atom. The number of carbonyl (C=O) groups is 1. The van der Waals surface area contributed by atoms with Gasteiger partial charge < -0.3 is 14.8 Å². The molecule has 3 aromatic carbocycles. The fraction of sp³-hybridized carbons (Fsp3) is 0.355. The lowest BCUT2D eigenvalue weighted by Crippen LogP contribution is -2.43. The van der Waals surface area contributed by atoms with Crippen LogP contribution in [0.3, 0.4) is 0 Å². The van der Waals surface area contributed by atoms with Crippen LogP contribution in [0.2, 0.25) is 0 Å². The second kappa shape index (κ2) is 11.0. The Labute approximate surface area is 214 Å². The third-order valence-corrected chi connectivity index (χ3v) is 7.34. The van der Waals surface area contributed by atoms with Gasteiger partial charge in [-0.15, -0.1) is 0 Å². The van der Waals surface area contributed by atoms with Crippen molar-refractivity contribution >= 4 is 22.9 Å². The molecule has 5 rings (SSSR count). The van der Waals surface area contributed by atoms with Gasteiger partial charge in [0.15, 0.2) is 0 Å². The molecule has 2 heterocycles. The number of anilines is 1. The van der Waals surface area contributed by atoms with Crippen molar-refractivity contribution in [1.29, 1.82) is 0 Å². The van der Waals surface area contributed by atoms with Crippen LogP contribution in [0.15, 0.2) is 78.9 Å². The maximum Gasteiger partial charge on any atom is 0.223 e. The fourth-order valence-corrected chi connectivity index (χ4v) is 5.14. The average Bonchev–Trinajstić information content (AvgIpc) is 3.27. The van der Waals surface area contributed by atoms with E-state index in [9.17, 15) is 4.79 Å². The summed E-state index contributed by atoms with van der Waals surface area (Å²) in [6, 6.07) is 27.7. The fourth-order valence-electron chi connectivity index (χ4n) is 5.14. The van der Waals surface area contributed by atoms with Gasteiger partial charge in [0.1, 0.15) is 0 Å². The number of para-hydroxylation sites is 2. The minimum absolute atomic E-state index is 0.0651. The van der Waals surface area contributed by atoms with Crippen molar-refractivity contribution in [3.8, 4) is 0 Å². The summed E-state index contributed by atoms with van der Waals surface area (Å²) in [5, 5.41) is 3.27. The number of hydrogen-bond donors (Lipinski definition) is 1. The van der Waals surface area contributed by atoms with Crippen molar-refractivity contribution in [2.45, 2.75) is 52.1 Å². The van der Waals surface area contributed by atoms with Crippen LogP contribution >= 0.6 is 0 Å². The van der Waals surface area contributed by atoms with Gasteiger partial charge in [-0.25, -0.2) is 4.98 Å². The predicted octanol–water partition coefficient (Wildman–Crippen LogP) is 5.75. The highest BCUT2D eigenvalue weighted by molar-refractivity contribution is 5.80. The van der Waals surface area contributed by atoms with E-state index in [1.807, 2.05) is 12.1 Å². The zero-order chi connectivity index (χ0) is 24.9. The van der Waals surface area contributed by atoms with Crippen molar-refractivity contribution in [1.82, 2.24) is 14.9 Å². The molecule has 0 bridgehead atoms. The number of fused-ring (bicyclic) bond motifs is 1. The molecule has 0 radical (unpaired) electrons. The minimum atomic E-state index is 0.0651. The number of imidazole rings is 1. The van der Waals surface area contributed by atoms with E-state index in [1.165, 1.54) is 16.7 Å². The molecule has 1 aromatic heterocycles. The van der Waals surface area contributed by atoms with Gasteiger partial charge >= 0.3 is 0 Å². The number of piperidine rings is 1. The number of benzene rings is 3. The smallest absolute Gasteiger partial charge is 0.223 e. The van der Waals surface area contributed by atoms with Gasteiger partial charge in [0.25, 0.3) is 0 Å². The molecule has 1 aliphatic heterocycles. The van der Waals surface area contributed by atoms with E-state index < -0.39 is 0 Å². The molecule has 36 heavy (non-hydrogen) atoms. The molecule has 1 atom stereocenters. The quantitative estimate of drug-likeness (QED) is 0.350. The molecule has 0 aliphatic carbocycles. The van der Waals surface area contributed by atoms with Crippen LogP contribution in [0, 0.1) is 12.8 Å². The van der Waals surface area contributed by atoms with Crippen molar-refractivity contribution in [2.75, 3.05) is 18.0 Å². The molecule has 5 heteroatoms. The first-order valence-electron chi connectivity index (χ1n) is 13.2. The Hall–Kier alpha value is -3.60. The Balaban J connectivity index is 1.22. The van der Waals surface area contributed by atoms with Crippen molar-refractivity contribution in [3.63, 3.8) is 0 Å². The molecule has 1 aliphatic rings. The summed E-state index contributed by atoms with van der Waals surface area (Å²) in [5.74, 6) is 1.27. The van der Waals surface area contributed by atoms with Gasteiger partial charge in [-0.3, -0.25) is 4.79 Å². The standard InChI is InChI=1S/C31H36N4O/c1-23-12-15-26(16-13-23)22-35-29-11-7-6-10-28(29)33-31(35)34-20-18-27(19-21-34)30(36)32-24(2)14-17-25-8-4-3-5-9-25/h3-13,15-16,24,27H,14,17-22H2,1-2H3,(H,32,36)/t24-/m0/s1. The highest BCUT2D eigenvalue weighted by atomic mass is 16.1. The third-order valence-electron chi connectivity index (χ3n) is 7.34. The normalized spacial score (nSPS) is 15.2. The van der Waals surface area contributed by atoms with E-state index in [2.05, 4.69) is 95.4 Å². The lowest BCUT2D eigenvalue weighted by atomic mass is 9.95. The topological polar surface area (TPSA) is 50.2 Å². The monoisotopic (exact) mass is 480 g/mol. The summed E-state index contributed by atoms with van der Waals surface area (Å²) in [5.41, 5.74) is 6.03. The first-order valence-corrected chi connectivity index (χ1v) is 13.2. The second-order valence-electron chi connectivity index (χ2n) is 10.2. The molecule has 5 nitrogen and oxygen atoms in total. The van der Waals surface area contributed by atoms with E-state index in [4.69, 9.17) is 4.98 Å². The lowest BCUT2D eigenvalue weighted by molar-refractivity contribution is -0.126. The zero-order valence-electron chi connectivity index (χ0n) is 21.4. The maximum absolute atomic E-state index is 13.0. The first-order chi connectivity index (χ1) is 17.6. The molecule has 1 N–H and O–H groups in total. The Kier molecular flexibility index (Phi) is 7.36. The Morgan fingerprint density at radius 1 is 0.944 bits per heavy atom. The zero-order valence-corrected chi connectivity index (χ0v) is 21.4. The molecule has 1 saturated heterocycles. The van der Waals surface area contributed by atoms with Gasteiger partial charge in [-0.1, -0.05) is 72.3 Å². The third kappa shape index (κ3) is 5.62. The van der Waals surface area contributed by atoms with Gasteiger partial charge in [0, 0.05) is 25.0 Å². The SMILES string of the molecule is Cc1ccc(Cn2c(N3CCC(C(=O)N[C@@H](C)CCc4ccccc4)CC3)nc3ccccc32)cc1. The van der Waals surface area contributed by atoms with Crippen LogP contribution in [-0.2, 0) is 17.8 Å². The Morgan fingerprint density at radius 2 is 1.64 bits per heavy atom. The molecule has 1 amide bonds. The number of aromatic nitrogens is 2. The van der Waals surface area contributed by atoms with E-state index in [0.717, 1.165) is 62.3 Å². The molecule has 4 aromatic rings. The molecule has 1 fully saturated rings. The van der Waals surface area contributed by atoms with Crippen LogP contribution in [0.5, 0.6) is 0 Å². The number of nitrogens with zero attached hydrogens (tertiary/aromatic N) is 3. The van der Waals surface area contributed by atoms with Crippen molar-refractivity contribution in [3.05, 3.63) is 95.6 Å². The highest BCUT2D eigenvalue weighted by Crippen LogP contribution is 2.28. The van der Waals surface area contributed by atoms with Gasteiger partial charge in [0.2, 0.25) is 11.9 Å². The molecular formula is C31H36N4O. The average molecular weight is 481 g/mol. The van der Waals surface area contributed by atoms with E-state index >= 15 is 0 Å². The largest absolute Gasteiger partial charge is 0.353 e. The van der Waals surface area contributed by atoms with Crippen molar-refractivity contribution < 1.29 is 4.79 Å². The van der Waals surface area contributed by atoms with Crippen molar-refractivity contribution in [2.24, 2.45) is 5.92 Å². The van der Waals surface area contributed by atoms with E-state index in [1.54, 1.807) is 0 Å². The lowest BCUT2D eigenvalue weighted by Gasteiger charge is -2.33.